The van der Waals surface area contributed by atoms with E-state index in [0.717, 1.165) is 27.7 Å². The summed E-state index contributed by atoms with van der Waals surface area (Å²) in [5.74, 6) is 0.619. The Bertz CT molecular complexity index is 1340. The first-order valence-corrected chi connectivity index (χ1v) is 9.76. The van der Waals surface area contributed by atoms with Crippen molar-refractivity contribution in [3.05, 3.63) is 89.3 Å². The number of anilines is 1. The second-order valence-corrected chi connectivity index (χ2v) is 7.14. The van der Waals surface area contributed by atoms with E-state index in [0.29, 0.717) is 11.5 Å². The van der Waals surface area contributed by atoms with Crippen LogP contribution in [0, 0.1) is 4.91 Å². The molecule has 5 aromatic rings. The summed E-state index contributed by atoms with van der Waals surface area (Å²) in [5.41, 5.74) is 10.8. The van der Waals surface area contributed by atoms with E-state index >= 15 is 0 Å². The standard InChI is InChI=1S/C23H18N6O2/c24-22-21(27-31-28-22)23-25-18-8-4-5-9-20(18)29(23)14-19(26-30)17-12-10-16(11-13-17)15-6-2-1-3-7-15/h1-13,19H,14H2,(H2,24,28). The summed E-state index contributed by atoms with van der Waals surface area (Å²) in [4.78, 5) is 16.5. The summed E-state index contributed by atoms with van der Waals surface area (Å²) in [6.07, 6.45) is 0. The number of rotatable bonds is 6. The summed E-state index contributed by atoms with van der Waals surface area (Å²) >= 11 is 0. The van der Waals surface area contributed by atoms with Crippen LogP contribution in [-0.2, 0) is 6.54 Å². The zero-order chi connectivity index (χ0) is 21.2. The maximum atomic E-state index is 11.8. The first-order chi connectivity index (χ1) is 15.2. The van der Waals surface area contributed by atoms with Crippen LogP contribution in [0.25, 0.3) is 33.7 Å². The molecule has 0 saturated carbocycles. The van der Waals surface area contributed by atoms with Crippen molar-refractivity contribution in [3.63, 3.8) is 0 Å². The van der Waals surface area contributed by atoms with Crippen molar-refractivity contribution in [2.75, 3.05) is 5.73 Å². The van der Waals surface area contributed by atoms with Crippen LogP contribution in [-0.4, -0.2) is 19.9 Å². The van der Waals surface area contributed by atoms with Gasteiger partial charge in [0.15, 0.2) is 17.3 Å². The maximum Gasteiger partial charge on any atom is 0.199 e. The van der Waals surface area contributed by atoms with Crippen LogP contribution in [0.5, 0.6) is 0 Å². The van der Waals surface area contributed by atoms with Crippen molar-refractivity contribution in [1.82, 2.24) is 19.9 Å². The number of para-hydroxylation sites is 2. The van der Waals surface area contributed by atoms with Gasteiger partial charge in [0.1, 0.15) is 6.04 Å². The van der Waals surface area contributed by atoms with Crippen LogP contribution in [0.3, 0.4) is 0 Å². The molecule has 0 radical (unpaired) electrons. The number of benzene rings is 3. The molecule has 1 unspecified atom stereocenters. The van der Waals surface area contributed by atoms with Gasteiger partial charge in [-0.25, -0.2) is 9.61 Å². The number of nitrogen functional groups attached to an aromatic ring is 1. The fourth-order valence-corrected chi connectivity index (χ4v) is 3.69. The van der Waals surface area contributed by atoms with Crippen LogP contribution in [0.1, 0.15) is 11.6 Å². The second kappa shape index (κ2) is 7.83. The summed E-state index contributed by atoms with van der Waals surface area (Å²) in [7, 11) is 0. The van der Waals surface area contributed by atoms with Crippen molar-refractivity contribution in [2.45, 2.75) is 12.6 Å². The van der Waals surface area contributed by atoms with Gasteiger partial charge in [0.2, 0.25) is 0 Å². The molecule has 152 valence electrons. The van der Waals surface area contributed by atoms with Gasteiger partial charge in [-0.2, -0.15) is 4.91 Å². The van der Waals surface area contributed by atoms with Crippen molar-refractivity contribution in [1.29, 1.82) is 0 Å². The third-order valence-corrected chi connectivity index (χ3v) is 5.27. The van der Waals surface area contributed by atoms with E-state index in [1.807, 2.05) is 83.4 Å². The zero-order valence-corrected chi connectivity index (χ0v) is 16.4. The molecule has 5 rings (SSSR count). The molecule has 0 aliphatic heterocycles. The summed E-state index contributed by atoms with van der Waals surface area (Å²) in [5, 5.41) is 10.9. The minimum atomic E-state index is -0.623. The largest absolute Gasteiger partial charge is 0.379 e. The number of hydrogen-bond donors (Lipinski definition) is 1. The number of fused-ring (bicyclic) bond motifs is 1. The maximum absolute atomic E-state index is 11.8. The summed E-state index contributed by atoms with van der Waals surface area (Å²) in [6.45, 7) is 0.274. The topological polar surface area (TPSA) is 112 Å². The fourth-order valence-electron chi connectivity index (χ4n) is 3.69. The Morgan fingerprint density at radius 3 is 2.32 bits per heavy atom. The van der Waals surface area contributed by atoms with Crippen LogP contribution >= 0.6 is 0 Å². The van der Waals surface area contributed by atoms with Gasteiger partial charge in [0, 0.05) is 0 Å². The Hall–Kier alpha value is -4.33. The Morgan fingerprint density at radius 2 is 1.61 bits per heavy atom. The van der Waals surface area contributed by atoms with Crippen molar-refractivity contribution >= 4 is 16.9 Å². The molecule has 1 atom stereocenters. The smallest absolute Gasteiger partial charge is 0.199 e. The molecule has 0 fully saturated rings. The van der Waals surface area contributed by atoms with Gasteiger partial charge in [-0.3, -0.25) is 0 Å². The van der Waals surface area contributed by atoms with Gasteiger partial charge in [0.25, 0.3) is 0 Å². The molecule has 8 nitrogen and oxygen atoms in total. The number of aromatic nitrogens is 4. The second-order valence-electron chi connectivity index (χ2n) is 7.14. The van der Waals surface area contributed by atoms with E-state index in [2.05, 4.69) is 20.5 Å². The Morgan fingerprint density at radius 1 is 0.903 bits per heavy atom. The van der Waals surface area contributed by atoms with Crippen molar-refractivity contribution < 1.29 is 4.63 Å². The van der Waals surface area contributed by atoms with E-state index in [1.54, 1.807) is 0 Å². The highest BCUT2D eigenvalue weighted by Crippen LogP contribution is 2.31. The number of nitroso groups, excluding NO2 is 1. The first kappa shape index (κ1) is 18.7. The highest BCUT2D eigenvalue weighted by atomic mass is 16.6. The molecule has 0 amide bonds. The van der Waals surface area contributed by atoms with Crippen molar-refractivity contribution in [3.8, 4) is 22.6 Å². The van der Waals surface area contributed by atoms with Gasteiger partial charge >= 0.3 is 0 Å². The molecule has 2 heterocycles. The number of nitrogens with zero attached hydrogens (tertiary/aromatic N) is 5. The average Bonchev–Trinajstić information content (AvgIpc) is 3.41. The van der Waals surface area contributed by atoms with Crippen LogP contribution in [0.4, 0.5) is 5.82 Å². The molecule has 3 aromatic carbocycles. The number of imidazole rings is 1. The number of nitrogens with two attached hydrogens (primary N) is 1. The van der Waals surface area contributed by atoms with Gasteiger partial charge in [0.05, 0.1) is 17.6 Å². The van der Waals surface area contributed by atoms with E-state index in [4.69, 9.17) is 10.4 Å². The third kappa shape index (κ3) is 3.44. The molecular formula is C23H18N6O2. The minimum Gasteiger partial charge on any atom is -0.379 e. The van der Waals surface area contributed by atoms with Crippen LogP contribution in [0.2, 0.25) is 0 Å². The average molecular weight is 410 g/mol. The molecule has 0 spiro atoms. The predicted octanol–water partition coefficient (Wildman–Crippen LogP) is 4.84. The lowest BCUT2D eigenvalue weighted by atomic mass is 10.0. The zero-order valence-electron chi connectivity index (χ0n) is 16.4. The SMILES string of the molecule is Nc1nonc1-c1nc2ccccc2n1CC(N=O)c1ccc(-c2ccccc2)cc1. The molecule has 2 aromatic heterocycles. The van der Waals surface area contributed by atoms with Crippen LogP contribution in [0.15, 0.2) is 88.7 Å². The van der Waals surface area contributed by atoms with Crippen molar-refractivity contribution in [2.24, 2.45) is 5.18 Å². The third-order valence-electron chi connectivity index (χ3n) is 5.27. The van der Waals surface area contributed by atoms with E-state index in [1.165, 1.54) is 0 Å². The van der Waals surface area contributed by atoms with Crippen LogP contribution < -0.4 is 5.73 Å². The van der Waals surface area contributed by atoms with E-state index in [9.17, 15) is 4.91 Å². The van der Waals surface area contributed by atoms with Gasteiger partial charge in [-0.05, 0) is 39.1 Å². The highest BCUT2D eigenvalue weighted by molar-refractivity contribution is 5.81. The number of hydrogen-bond acceptors (Lipinski definition) is 7. The Kier molecular flexibility index (Phi) is 4.72. The lowest BCUT2D eigenvalue weighted by molar-refractivity contribution is 0.310. The highest BCUT2D eigenvalue weighted by Gasteiger charge is 2.22. The van der Waals surface area contributed by atoms with E-state index < -0.39 is 6.04 Å². The summed E-state index contributed by atoms with van der Waals surface area (Å²) < 4.78 is 6.64. The normalized spacial score (nSPS) is 12.1. The molecule has 0 saturated heterocycles. The predicted molar refractivity (Wildman–Crippen MR) is 118 cm³/mol. The molecule has 31 heavy (non-hydrogen) atoms. The van der Waals surface area contributed by atoms with Gasteiger partial charge in [-0.1, -0.05) is 71.9 Å². The Labute approximate surface area is 177 Å². The monoisotopic (exact) mass is 410 g/mol. The molecule has 2 N–H and O–H groups in total. The van der Waals surface area contributed by atoms with Gasteiger partial charge in [-0.15, -0.1) is 0 Å². The van der Waals surface area contributed by atoms with Gasteiger partial charge < -0.3 is 10.3 Å². The van der Waals surface area contributed by atoms with E-state index in [-0.39, 0.29) is 12.4 Å². The fraction of sp³-hybridized carbons (Fsp3) is 0.0870. The lowest BCUT2D eigenvalue weighted by Crippen LogP contribution is -2.09. The summed E-state index contributed by atoms with van der Waals surface area (Å²) in [6, 6.07) is 24.9. The molecule has 8 heteroatoms. The molecule has 0 aliphatic carbocycles. The molecule has 0 aliphatic rings. The minimum absolute atomic E-state index is 0.138. The molecule has 0 bridgehead atoms. The lowest BCUT2D eigenvalue weighted by Gasteiger charge is -2.14. The Balaban J connectivity index is 1.52. The first-order valence-electron chi connectivity index (χ1n) is 9.76. The molecular weight excluding hydrogens is 392 g/mol. The quantitative estimate of drug-likeness (QED) is 0.401.